The molecule has 24 heavy (non-hydrogen) atoms. The van der Waals surface area contributed by atoms with Crippen LogP contribution in [0.5, 0.6) is 0 Å². The molecule has 3 rings (SSSR count). The molecule has 0 radical (unpaired) electrons. The normalized spacial score (nSPS) is 16.8. The van der Waals surface area contributed by atoms with Crippen molar-refractivity contribution in [3.05, 3.63) is 66.2 Å². The van der Waals surface area contributed by atoms with E-state index >= 15 is 0 Å². The molecule has 0 aromatic heterocycles. The smallest absolute Gasteiger partial charge is 0.269 e. The third-order valence-corrected chi connectivity index (χ3v) is 4.14. The van der Waals surface area contributed by atoms with E-state index in [2.05, 4.69) is 17.2 Å². The number of hydrazone groups is 1. The van der Waals surface area contributed by atoms with Gasteiger partial charge in [0, 0.05) is 20.0 Å². The van der Waals surface area contributed by atoms with Gasteiger partial charge in [0.2, 0.25) is 0 Å². The Morgan fingerprint density at radius 2 is 1.79 bits per heavy atom. The van der Waals surface area contributed by atoms with Gasteiger partial charge < -0.3 is 10.0 Å². The van der Waals surface area contributed by atoms with Gasteiger partial charge in [0.25, 0.3) is 5.91 Å². The molecule has 1 aliphatic rings. The summed E-state index contributed by atoms with van der Waals surface area (Å²) in [6, 6.07) is 19.9. The summed E-state index contributed by atoms with van der Waals surface area (Å²) in [7, 11) is 1.68. The first-order valence-electron chi connectivity index (χ1n) is 8.03. The molecule has 1 heterocycles. The van der Waals surface area contributed by atoms with Crippen molar-refractivity contribution < 1.29 is 9.90 Å². The van der Waals surface area contributed by atoms with Crippen molar-refractivity contribution in [2.75, 3.05) is 25.2 Å². The third-order valence-electron chi connectivity index (χ3n) is 4.14. The van der Waals surface area contributed by atoms with Gasteiger partial charge in [-0.3, -0.25) is 9.80 Å². The van der Waals surface area contributed by atoms with Crippen LogP contribution in [-0.2, 0) is 4.79 Å². The lowest BCUT2D eigenvalue weighted by atomic mass is 10.0. The molecule has 0 saturated heterocycles. The number of aliphatic hydroxyl groups is 1. The quantitative estimate of drug-likeness (QED) is 0.919. The largest absolute Gasteiger partial charge is 0.395 e. The van der Waals surface area contributed by atoms with Crippen molar-refractivity contribution in [2.24, 2.45) is 5.10 Å². The molecule has 5 nitrogen and oxygen atoms in total. The highest BCUT2D eigenvalue weighted by Crippen LogP contribution is 2.35. The molecule has 0 spiro atoms. The van der Waals surface area contributed by atoms with Gasteiger partial charge in [0.15, 0.2) is 0 Å². The number of rotatable bonds is 5. The van der Waals surface area contributed by atoms with Gasteiger partial charge in [0.05, 0.1) is 18.3 Å². The monoisotopic (exact) mass is 323 g/mol. The predicted octanol–water partition coefficient (Wildman–Crippen LogP) is 2.44. The molecular formula is C19H21N3O2. The number of carbonyl (C=O) groups excluding carboxylic acids is 1. The molecule has 0 bridgehead atoms. The molecule has 5 heteroatoms. The lowest BCUT2D eigenvalue weighted by molar-refractivity contribution is -0.123. The van der Waals surface area contributed by atoms with Crippen LogP contribution in [0.3, 0.4) is 0 Å². The van der Waals surface area contributed by atoms with Crippen LogP contribution >= 0.6 is 0 Å². The van der Waals surface area contributed by atoms with Gasteiger partial charge in [0.1, 0.15) is 5.71 Å². The summed E-state index contributed by atoms with van der Waals surface area (Å²) < 4.78 is 0. The minimum Gasteiger partial charge on any atom is -0.395 e. The van der Waals surface area contributed by atoms with Gasteiger partial charge in [-0.05, 0) is 17.7 Å². The zero-order chi connectivity index (χ0) is 16.9. The van der Waals surface area contributed by atoms with Gasteiger partial charge in [-0.1, -0.05) is 48.5 Å². The van der Waals surface area contributed by atoms with Crippen LogP contribution < -0.4 is 5.01 Å². The topological polar surface area (TPSA) is 56.1 Å². The molecule has 1 aliphatic heterocycles. The van der Waals surface area contributed by atoms with E-state index in [1.807, 2.05) is 53.5 Å². The van der Waals surface area contributed by atoms with E-state index in [0.717, 1.165) is 11.3 Å². The van der Waals surface area contributed by atoms with Crippen LogP contribution in [0, 0.1) is 0 Å². The Balaban J connectivity index is 1.92. The molecule has 1 atom stereocenters. The van der Waals surface area contributed by atoms with Crippen molar-refractivity contribution in [1.82, 2.24) is 4.90 Å². The highest BCUT2D eigenvalue weighted by molar-refractivity contribution is 6.39. The molecule has 2 aromatic carbocycles. The van der Waals surface area contributed by atoms with Gasteiger partial charge >= 0.3 is 0 Å². The van der Waals surface area contributed by atoms with E-state index in [-0.39, 0.29) is 18.6 Å². The second kappa shape index (κ2) is 7.27. The number of anilines is 1. The van der Waals surface area contributed by atoms with E-state index in [9.17, 15) is 4.79 Å². The van der Waals surface area contributed by atoms with Crippen molar-refractivity contribution in [2.45, 2.75) is 12.5 Å². The molecule has 1 amide bonds. The molecule has 2 aromatic rings. The minimum atomic E-state index is -0.136. The average Bonchev–Trinajstić information content (AvgIpc) is 3.08. The number of hydrogen-bond donors (Lipinski definition) is 1. The maximum atomic E-state index is 12.5. The fourth-order valence-corrected chi connectivity index (χ4v) is 2.86. The lowest BCUT2D eigenvalue weighted by Crippen LogP contribution is -2.34. The first kappa shape index (κ1) is 16.2. The van der Waals surface area contributed by atoms with Crippen LogP contribution in [0.4, 0.5) is 5.69 Å². The van der Waals surface area contributed by atoms with E-state index in [1.165, 1.54) is 4.90 Å². The molecule has 1 unspecified atom stereocenters. The standard InChI is InChI=1S/C19H21N3O2/c1-21(12-13-23)19(24)17-14-18(15-8-4-2-5-9-15)22(20-17)16-10-6-3-7-11-16/h2-11,18,23H,12-14H2,1H3. The predicted molar refractivity (Wildman–Crippen MR) is 94.9 cm³/mol. The Labute approximate surface area is 141 Å². The summed E-state index contributed by atoms with van der Waals surface area (Å²) >= 11 is 0. The van der Waals surface area contributed by atoms with E-state index in [0.29, 0.717) is 18.7 Å². The highest BCUT2D eigenvalue weighted by Gasteiger charge is 2.33. The lowest BCUT2D eigenvalue weighted by Gasteiger charge is -2.23. The summed E-state index contributed by atoms with van der Waals surface area (Å²) in [6.07, 6.45) is 0.549. The fourth-order valence-electron chi connectivity index (χ4n) is 2.86. The summed E-state index contributed by atoms with van der Waals surface area (Å²) in [4.78, 5) is 14.1. The summed E-state index contributed by atoms with van der Waals surface area (Å²) in [5.41, 5.74) is 2.60. The van der Waals surface area contributed by atoms with Gasteiger partial charge in [-0.15, -0.1) is 0 Å². The van der Waals surface area contributed by atoms with Crippen LogP contribution in [0.2, 0.25) is 0 Å². The zero-order valence-electron chi connectivity index (χ0n) is 13.7. The van der Waals surface area contributed by atoms with Crippen molar-refractivity contribution >= 4 is 17.3 Å². The van der Waals surface area contributed by atoms with Crippen molar-refractivity contribution in [3.8, 4) is 0 Å². The average molecular weight is 323 g/mol. The fraction of sp³-hybridized carbons (Fsp3) is 0.263. The van der Waals surface area contributed by atoms with Crippen LogP contribution in [0.25, 0.3) is 0 Å². The second-order valence-electron chi connectivity index (χ2n) is 5.81. The third kappa shape index (κ3) is 3.31. The van der Waals surface area contributed by atoms with E-state index < -0.39 is 0 Å². The molecular weight excluding hydrogens is 302 g/mol. The molecule has 124 valence electrons. The summed E-state index contributed by atoms with van der Waals surface area (Å²) in [5, 5.41) is 15.6. The number of amides is 1. The summed E-state index contributed by atoms with van der Waals surface area (Å²) in [5.74, 6) is -0.136. The zero-order valence-corrected chi connectivity index (χ0v) is 13.7. The number of nitrogens with zero attached hydrogens (tertiary/aromatic N) is 3. The van der Waals surface area contributed by atoms with Crippen molar-refractivity contribution in [3.63, 3.8) is 0 Å². The van der Waals surface area contributed by atoms with Gasteiger partial charge in [-0.25, -0.2) is 0 Å². The minimum absolute atomic E-state index is 0.00456. The maximum Gasteiger partial charge on any atom is 0.269 e. The molecule has 0 aliphatic carbocycles. The number of benzene rings is 2. The SMILES string of the molecule is CN(CCO)C(=O)C1=NN(c2ccccc2)C(c2ccccc2)C1. The number of aliphatic hydroxyl groups excluding tert-OH is 1. The Hall–Kier alpha value is -2.66. The number of carbonyl (C=O) groups is 1. The van der Waals surface area contributed by atoms with E-state index in [4.69, 9.17) is 5.11 Å². The second-order valence-corrected chi connectivity index (χ2v) is 5.81. The molecule has 0 fully saturated rings. The van der Waals surface area contributed by atoms with Crippen LogP contribution in [-0.4, -0.2) is 41.8 Å². The number of likely N-dealkylation sites (N-methyl/N-ethyl adjacent to an activating group) is 1. The van der Waals surface area contributed by atoms with Gasteiger partial charge in [-0.2, -0.15) is 5.10 Å². The van der Waals surface area contributed by atoms with Crippen LogP contribution in [0.1, 0.15) is 18.0 Å². The Morgan fingerprint density at radius 1 is 1.17 bits per heavy atom. The van der Waals surface area contributed by atoms with E-state index in [1.54, 1.807) is 7.05 Å². The first-order chi connectivity index (χ1) is 11.7. The maximum absolute atomic E-state index is 12.5. The Kier molecular flexibility index (Phi) is 4.91. The number of para-hydroxylation sites is 1. The van der Waals surface area contributed by atoms with Crippen molar-refractivity contribution in [1.29, 1.82) is 0 Å². The molecule has 0 saturated carbocycles. The summed E-state index contributed by atoms with van der Waals surface area (Å²) in [6.45, 7) is 0.249. The first-order valence-corrected chi connectivity index (χ1v) is 8.03. The highest BCUT2D eigenvalue weighted by atomic mass is 16.3. The number of hydrogen-bond acceptors (Lipinski definition) is 4. The van der Waals surface area contributed by atoms with Crippen LogP contribution in [0.15, 0.2) is 65.8 Å². The Bertz CT molecular complexity index is 716. The molecule has 1 N–H and O–H groups in total. The Morgan fingerprint density at radius 3 is 2.42 bits per heavy atom.